The lowest BCUT2D eigenvalue weighted by molar-refractivity contribution is -0.131. The van der Waals surface area contributed by atoms with Crippen molar-refractivity contribution in [3.63, 3.8) is 0 Å². The fraction of sp³-hybridized carbons (Fsp3) is 0.182. The Morgan fingerprint density at radius 2 is 2.07 bits per heavy atom. The van der Waals surface area contributed by atoms with Gasteiger partial charge in [-0.15, -0.1) is 23.2 Å². The van der Waals surface area contributed by atoms with Gasteiger partial charge in [-0.3, -0.25) is 0 Å². The zero-order chi connectivity index (χ0) is 11.3. The van der Waals surface area contributed by atoms with Gasteiger partial charge in [0.15, 0.2) is 0 Å². The Hall–Kier alpha value is -0.990. The van der Waals surface area contributed by atoms with Gasteiger partial charge in [-0.2, -0.15) is 0 Å². The molecule has 4 heteroatoms. The van der Waals surface area contributed by atoms with E-state index in [0.717, 1.165) is 17.2 Å². The lowest BCUT2D eigenvalue weighted by atomic mass is 10.1. The second-order valence-corrected chi connectivity index (χ2v) is 4.24. The first-order valence-electron chi connectivity index (χ1n) is 4.36. The van der Waals surface area contributed by atoms with Gasteiger partial charge in [-0.25, -0.2) is 4.79 Å². The second kappa shape index (κ2) is 5.79. The van der Waals surface area contributed by atoms with E-state index in [2.05, 4.69) is 0 Å². The summed E-state index contributed by atoms with van der Waals surface area (Å²) >= 11 is 11.3. The molecule has 80 valence electrons. The molecule has 1 N–H and O–H groups in total. The smallest absolute Gasteiger partial charge is 0.328 e. The predicted molar refractivity (Wildman–Crippen MR) is 62.3 cm³/mol. The topological polar surface area (TPSA) is 37.3 Å². The highest BCUT2D eigenvalue weighted by Crippen LogP contribution is 2.17. The SMILES string of the molecule is O=C(O)/C=C/c1ccccc1CC(Cl)Cl. The highest BCUT2D eigenvalue weighted by atomic mass is 35.5. The van der Waals surface area contributed by atoms with Crippen molar-refractivity contribution in [2.75, 3.05) is 0 Å². The van der Waals surface area contributed by atoms with Crippen LogP contribution in [0.1, 0.15) is 11.1 Å². The highest BCUT2D eigenvalue weighted by Gasteiger charge is 2.04. The van der Waals surface area contributed by atoms with Crippen LogP contribution in [-0.4, -0.2) is 15.9 Å². The van der Waals surface area contributed by atoms with Gasteiger partial charge in [0.25, 0.3) is 0 Å². The van der Waals surface area contributed by atoms with Gasteiger partial charge in [-0.1, -0.05) is 24.3 Å². The van der Waals surface area contributed by atoms with E-state index >= 15 is 0 Å². The van der Waals surface area contributed by atoms with Gasteiger partial charge >= 0.3 is 5.97 Å². The van der Waals surface area contributed by atoms with E-state index < -0.39 is 10.8 Å². The molecular formula is C11H10Cl2O2. The van der Waals surface area contributed by atoms with Crippen molar-refractivity contribution in [3.8, 4) is 0 Å². The molecule has 1 rings (SSSR count). The molecule has 1 aromatic rings. The van der Waals surface area contributed by atoms with Crippen LogP contribution in [0.15, 0.2) is 30.3 Å². The number of aliphatic carboxylic acids is 1. The van der Waals surface area contributed by atoms with Crippen molar-refractivity contribution in [1.82, 2.24) is 0 Å². The van der Waals surface area contributed by atoms with Crippen LogP contribution in [0.2, 0.25) is 0 Å². The van der Waals surface area contributed by atoms with Crippen LogP contribution in [0, 0.1) is 0 Å². The van der Waals surface area contributed by atoms with Crippen molar-refractivity contribution in [2.45, 2.75) is 11.3 Å². The zero-order valence-corrected chi connectivity index (χ0v) is 9.37. The average molecular weight is 245 g/mol. The molecule has 0 aliphatic rings. The normalized spacial score (nSPS) is 11.1. The predicted octanol–water partition coefficient (Wildman–Crippen LogP) is 3.13. The average Bonchev–Trinajstić information content (AvgIpc) is 2.15. The first-order valence-corrected chi connectivity index (χ1v) is 5.24. The van der Waals surface area contributed by atoms with Gasteiger partial charge in [0.1, 0.15) is 4.84 Å². The summed E-state index contributed by atoms with van der Waals surface area (Å²) in [6.07, 6.45) is 3.13. The molecule has 0 amide bonds. The van der Waals surface area contributed by atoms with Crippen molar-refractivity contribution < 1.29 is 9.90 Å². The summed E-state index contributed by atoms with van der Waals surface area (Å²) < 4.78 is 0. The summed E-state index contributed by atoms with van der Waals surface area (Å²) in [5, 5.41) is 8.51. The third-order valence-electron chi connectivity index (χ3n) is 1.83. The molecule has 0 aliphatic carbocycles. The third-order valence-corrected chi connectivity index (χ3v) is 2.14. The Morgan fingerprint density at radius 3 is 2.67 bits per heavy atom. The van der Waals surface area contributed by atoms with Crippen LogP contribution in [-0.2, 0) is 11.2 Å². The molecule has 1 aromatic carbocycles. The van der Waals surface area contributed by atoms with Crippen LogP contribution >= 0.6 is 23.2 Å². The lowest BCUT2D eigenvalue weighted by Gasteiger charge is -2.05. The van der Waals surface area contributed by atoms with Gasteiger partial charge in [0.2, 0.25) is 0 Å². The zero-order valence-electron chi connectivity index (χ0n) is 7.86. The largest absolute Gasteiger partial charge is 0.478 e. The molecule has 0 bridgehead atoms. The summed E-state index contributed by atoms with van der Waals surface area (Å²) in [6.45, 7) is 0. The summed E-state index contributed by atoms with van der Waals surface area (Å²) in [5.74, 6) is -0.974. The van der Waals surface area contributed by atoms with Gasteiger partial charge in [-0.05, 0) is 17.2 Å². The Bertz CT molecular complexity index is 373. The van der Waals surface area contributed by atoms with E-state index in [1.54, 1.807) is 0 Å². The number of benzene rings is 1. The first-order chi connectivity index (χ1) is 7.09. The van der Waals surface area contributed by atoms with Crippen molar-refractivity contribution in [2.24, 2.45) is 0 Å². The van der Waals surface area contributed by atoms with Crippen molar-refractivity contribution in [3.05, 3.63) is 41.5 Å². The Labute approximate surface area is 98.1 Å². The van der Waals surface area contributed by atoms with E-state index in [4.69, 9.17) is 28.3 Å². The van der Waals surface area contributed by atoms with Crippen LogP contribution in [0.25, 0.3) is 6.08 Å². The monoisotopic (exact) mass is 244 g/mol. The quantitative estimate of drug-likeness (QED) is 0.653. The molecule has 0 aromatic heterocycles. The van der Waals surface area contributed by atoms with Crippen molar-refractivity contribution in [1.29, 1.82) is 0 Å². The molecule has 15 heavy (non-hydrogen) atoms. The van der Waals surface area contributed by atoms with Gasteiger partial charge < -0.3 is 5.11 Å². The van der Waals surface area contributed by atoms with Crippen LogP contribution in [0.5, 0.6) is 0 Å². The van der Waals surface area contributed by atoms with E-state index in [9.17, 15) is 4.79 Å². The maximum Gasteiger partial charge on any atom is 0.328 e. The van der Waals surface area contributed by atoms with E-state index in [1.165, 1.54) is 6.08 Å². The van der Waals surface area contributed by atoms with E-state index in [-0.39, 0.29) is 0 Å². The number of carbonyl (C=O) groups is 1. The third kappa shape index (κ3) is 4.36. The molecule has 0 unspecified atom stereocenters. The molecule has 0 saturated heterocycles. The number of alkyl halides is 2. The Balaban J connectivity index is 2.91. The molecule has 0 saturated carbocycles. The number of hydrogen-bond donors (Lipinski definition) is 1. The fourth-order valence-electron chi connectivity index (χ4n) is 1.21. The highest BCUT2D eigenvalue weighted by molar-refractivity contribution is 6.44. The molecule has 2 nitrogen and oxygen atoms in total. The molecule has 0 aliphatic heterocycles. The van der Waals surface area contributed by atoms with Crippen LogP contribution < -0.4 is 0 Å². The summed E-state index contributed by atoms with van der Waals surface area (Å²) in [4.78, 5) is 9.89. The molecular weight excluding hydrogens is 235 g/mol. The summed E-state index contributed by atoms with van der Waals surface area (Å²) in [7, 11) is 0. The van der Waals surface area contributed by atoms with Crippen LogP contribution in [0.3, 0.4) is 0 Å². The molecule has 0 radical (unpaired) electrons. The Morgan fingerprint density at radius 1 is 1.40 bits per heavy atom. The summed E-state index contributed by atoms with van der Waals surface area (Å²) in [6, 6.07) is 7.40. The molecule has 0 spiro atoms. The van der Waals surface area contributed by atoms with Gasteiger partial charge in [0, 0.05) is 12.5 Å². The minimum absolute atomic E-state index is 0.482. The number of rotatable bonds is 4. The number of carboxylic acid groups (broad SMARTS) is 1. The lowest BCUT2D eigenvalue weighted by Crippen LogP contribution is -1.97. The Kier molecular flexibility index (Phi) is 4.66. The molecule has 0 fully saturated rings. The van der Waals surface area contributed by atoms with E-state index in [0.29, 0.717) is 6.42 Å². The summed E-state index contributed by atoms with van der Waals surface area (Å²) in [5.41, 5.74) is 1.76. The second-order valence-electron chi connectivity index (χ2n) is 2.97. The fourth-order valence-corrected chi connectivity index (χ4v) is 1.54. The van der Waals surface area contributed by atoms with E-state index in [1.807, 2.05) is 24.3 Å². The number of carboxylic acids is 1. The van der Waals surface area contributed by atoms with Gasteiger partial charge in [0.05, 0.1) is 0 Å². The molecule has 0 heterocycles. The minimum Gasteiger partial charge on any atom is -0.478 e. The van der Waals surface area contributed by atoms with Crippen LogP contribution in [0.4, 0.5) is 0 Å². The number of hydrogen-bond acceptors (Lipinski definition) is 1. The molecule has 0 atom stereocenters. The van der Waals surface area contributed by atoms with Crippen molar-refractivity contribution >= 4 is 35.2 Å². The minimum atomic E-state index is -0.974. The number of halogens is 2. The maximum absolute atomic E-state index is 10.4. The standard InChI is InChI=1S/C11H10Cl2O2/c12-10(13)7-9-4-2-1-3-8(9)5-6-11(14)15/h1-6,10H,7H2,(H,14,15)/b6-5+. The first kappa shape index (κ1) is 12.1. The maximum atomic E-state index is 10.4.